The van der Waals surface area contributed by atoms with Gasteiger partial charge < -0.3 is 15.8 Å². The van der Waals surface area contributed by atoms with Gasteiger partial charge in [0.2, 0.25) is 0 Å². The molecule has 16 heavy (non-hydrogen) atoms. The van der Waals surface area contributed by atoms with Crippen LogP contribution in [0.2, 0.25) is 0 Å². The Balaban J connectivity index is 1.97. The molecule has 2 rings (SSSR count). The number of nitrogen functional groups attached to an aromatic ring is 1. The molecule has 1 aromatic carbocycles. The molecule has 0 amide bonds. The van der Waals surface area contributed by atoms with Gasteiger partial charge in [0.05, 0.1) is 7.11 Å². The lowest BCUT2D eigenvalue weighted by Crippen LogP contribution is -2.10. The summed E-state index contributed by atoms with van der Waals surface area (Å²) in [5.74, 6) is 2.82. The van der Waals surface area contributed by atoms with E-state index < -0.39 is 0 Å². The molecule has 1 heterocycles. The van der Waals surface area contributed by atoms with E-state index >= 15 is 0 Å². The number of nitrogens with one attached hydrogen (secondary N) is 1. The van der Waals surface area contributed by atoms with E-state index in [1.54, 1.807) is 7.11 Å². The van der Waals surface area contributed by atoms with Crippen molar-refractivity contribution in [2.75, 3.05) is 31.7 Å². The van der Waals surface area contributed by atoms with Crippen molar-refractivity contribution >= 4 is 17.4 Å². The maximum atomic E-state index is 5.72. The first-order chi connectivity index (χ1) is 7.79. The third-order valence-corrected chi connectivity index (χ3v) is 4.11. The van der Waals surface area contributed by atoms with Gasteiger partial charge in [0.15, 0.2) is 0 Å². The molecule has 1 unspecified atom stereocenters. The van der Waals surface area contributed by atoms with Crippen LogP contribution >= 0.6 is 11.8 Å². The third kappa shape index (κ3) is 2.83. The number of ether oxygens (including phenoxy) is 1. The second-order valence-electron chi connectivity index (χ2n) is 4.08. The number of rotatable bonds is 4. The van der Waals surface area contributed by atoms with E-state index in [2.05, 4.69) is 5.32 Å². The lowest BCUT2D eigenvalue weighted by molar-refractivity contribution is 0.405. The molecule has 1 saturated heterocycles. The van der Waals surface area contributed by atoms with Crippen LogP contribution in [0.1, 0.15) is 6.42 Å². The number of anilines is 1. The largest absolute Gasteiger partial charge is 0.496 e. The highest BCUT2D eigenvalue weighted by atomic mass is 32.2. The summed E-state index contributed by atoms with van der Waals surface area (Å²) in [6, 6.07) is 5.86. The highest BCUT2D eigenvalue weighted by Gasteiger charge is 2.15. The van der Waals surface area contributed by atoms with Crippen molar-refractivity contribution in [1.29, 1.82) is 0 Å². The Labute approximate surface area is 101 Å². The smallest absolute Gasteiger partial charge is 0.134 e. The van der Waals surface area contributed by atoms with E-state index in [0.29, 0.717) is 0 Å². The zero-order valence-electron chi connectivity index (χ0n) is 9.53. The van der Waals surface area contributed by atoms with Crippen LogP contribution in [0.25, 0.3) is 0 Å². The second kappa shape index (κ2) is 5.46. The number of methoxy groups -OCH3 is 1. The molecule has 0 bridgehead atoms. The van der Waals surface area contributed by atoms with Crippen LogP contribution in [0.4, 0.5) is 5.69 Å². The van der Waals surface area contributed by atoms with Crippen LogP contribution in [0.3, 0.4) is 0 Å². The van der Waals surface area contributed by atoms with Crippen LogP contribution in [0.15, 0.2) is 23.1 Å². The summed E-state index contributed by atoms with van der Waals surface area (Å²) >= 11 is 1.86. The van der Waals surface area contributed by atoms with Gasteiger partial charge in [0.25, 0.3) is 0 Å². The number of hydrogen-bond acceptors (Lipinski definition) is 4. The zero-order chi connectivity index (χ0) is 11.4. The van der Waals surface area contributed by atoms with Gasteiger partial charge in [-0.3, -0.25) is 0 Å². The summed E-state index contributed by atoms with van der Waals surface area (Å²) in [6.07, 6.45) is 1.28. The first-order valence-electron chi connectivity index (χ1n) is 5.56. The highest BCUT2D eigenvalue weighted by molar-refractivity contribution is 7.99. The van der Waals surface area contributed by atoms with E-state index in [9.17, 15) is 0 Å². The number of hydrogen-bond donors (Lipinski definition) is 2. The van der Waals surface area contributed by atoms with Crippen molar-refractivity contribution in [3.8, 4) is 5.75 Å². The topological polar surface area (TPSA) is 47.3 Å². The molecule has 0 radical (unpaired) electrons. The fourth-order valence-corrected chi connectivity index (χ4v) is 3.02. The van der Waals surface area contributed by atoms with E-state index in [-0.39, 0.29) is 0 Å². The predicted octanol–water partition coefficient (Wildman–Crippen LogP) is 1.98. The van der Waals surface area contributed by atoms with Crippen molar-refractivity contribution in [2.24, 2.45) is 5.92 Å². The second-order valence-corrected chi connectivity index (χ2v) is 5.14. The number of benzene rings is 1. The Kier molecular flexibility index (Phi) is 3.96. The molecule has 0 aliphatic carbocycles. The van der Waals surface area contributed by atoms with Gasteiger partial charge >= 0.3 is 0 Å². The Morgan fingerprint density at radius 3 is 3.12 bits per heavy atom. The average Bonchev–Trinajstić information content (AvgIpc) is 2.80. The molecule has 1 aromatic rings. The van der Waals surface area contributed by atoms with E-state index in [0.717, 1.165) is 36.2 Å². The SMILES string of the molecule is COc1cc(N)ccc1SCC1CCNC1. The fraction of sp³-hybridized carbons (Fsp3) is 0.500. The molecule has 3 nitrogen and oxygen atoms in total. The normalized spacial score (nSPS) is 19.9. The van der Waals surface area contributed by atoms with Gasteiger partial charge in [-0.25, -0.2) is 0 Å². The van der Waals surface area contributed by atoms with E-state index in [4.69, 9.17) is 10.5 Å². The number of thioether (sulfide) groups is 1. The first kappa shape index (κ1) is 11.6. The van der Waals surface area contributed by atoms with Crippen LogP contribution < -0.4 is 15.8 Å². The highest BCUT2D eigenvalue weighted by Crippen LogP contribution is 2.32. The summed E-state index contributed by atoms with van der Waals surface area (Å²) in [5, 5.41) is 3.38. The van der Waals surface area contributed by atoms with E-state index in [1.807, 2.05) is 30.0 Å². The standard InChI is InChI=1S/C12H18N2OS/c1-15-11-6-10(13)2-3-12(11)16-8-9-4-5-14-7-9/h2-3,6,9,14H,4-5,7-8,13H2,1H3. The van der Waals surface area contributed by atoms with Crippen molar-refractivity contribution in [2.45, 2.75) is 11.3 Å². The van der Waals surface area contributed by atoms with Gasteiger partial charge in [0, 0.05) is 22.4 Å². The predicted molar refractivity (Wildman–Crippen MR) is 69.1 cm³/mol. The molecular formula is C12H18N2OS. The molecule has 1 aliphatic heterocycles. The molecule has 0 saturated carbocycles. The van der Waals surface area contributed by atoms with Crippen molar-refractivity contribution in [3.63, 3.8) is 0 Å². The van der Waals surface area contributed by atoms with Gasteiger partial charge in [-0.2, -0.15) is 0 Å². The summed E-state index contributed by atoms with van der Waals surface area (Å²) in [6.45, 7) is 2.30. The molecule has 1 atom stereocenters. The molecule has 1 fully saturated rings. The maximum Gasteiger partial charge on any atom is 0.134 e. The van der Waals surface area contributed by atoms with Gasteiger partial charge in [-0.15, -0.1) is 11.8 Å². The van der Waals surface area contributed by atoms with Crippen LogP contribution in [0, 0.1) is 5.92 Å². The lowest BCUT2D eigenvalue weighted by atomic mass is 10.2. The van der Waals surface area contributed by atoms with Crippen molar-refractivity contribution < 1.29 is 4.74 Å². The quantitative estimate of drug-likeness (QED) is 0.622. The fourth-order valence-electron chi connectivity index (χ4n) is 1.87. The van der Waals surface area contributed by atoms with Crippen LogP contribution in [-0.2, 0) is 0 Å². The van der Waals surface area contributed by atoms with Crippen molar-refractivity contribution in [3.05, 3.63) is 18.2 Å². The van der Waals surface area contributed by atoms with Crippen LogP contribution in [-0.4, -0.2) is 26.0 Å². The lowest BCUT2D eigenvalue weighted by Gasteiger charge is -2.11. The summed E-state index contributed by atoms with van der Waals surface area (Å²) in [7, 11) is 1.69. The molecular weight excluding hydrogens is 220 g/mol. The van der Waals surface area contributed by atoms with Crippen molar-refractivity contribution in [1.82, 2.24) is 5.32 Å². The van der Waals surface area contributed by atoms with Gasteiger partial charge in [-0.05, 0) is 37.6 Å². The third-order valence-electron chi connectivity index (χ3n) is 2.82. The average molecular weight is 238 g/mol. The summed E-state index contributed by atoms with van der Waals surface area (Å²) < 4.78 is 5.32. The van der Waals surface area contributed by atoms with E-state index in [1.165, 1.54) is 11.3 Å². The first-order valence-corrected chi connectivity index (χ1v) is 6.55. The minimum Gasteiger partial charge on any atom is -0.496 e. The molecule has 3 N–H and O–H groups in total. The molecule has 0 aromatic heterocycles. The Hall–Kier alpha value is -0.870. The van der Waals surface area contributed by atoms with Crippen LogP contribution in [0.5, 0.6) is 5.75 Å². The molecule has 4 heteroatoms. The Morgan fingerprint density at radius 1 is 1.56 bits per heavy atom. The molecule has 88 valence electrons. The van der Waals surface area contributed by atoms with Gasteiger partial charge in [-0.1, -0.05) is 0 Å². The number of nitrogens with two attached hydrogens (primary N) is 1. The monoisotopic (exact) mass is 238 g/mol. The Bertz CT molecular complexity index is 351. The minimum absolute atomic E-state index is 0.753. The summed E-state index contributed by atoms with van der Waals surface area (Å²) in [4.78, 5) is 1.18. The molecule has 1 aliphatic rings. The summed E-state index contributed by atoms with van der Waals surface area (Å²) in [5.41, 5.74) is 6.48. The zero-order valence-corrected chi connectivity index (χ0v) is 10.3. The maximum absolute atomic E-state index is 5.72. The minimum atomic E-state index is 0.753. The van der Waals surface area contributed by atoms with Gasteiger partial charge in [0.1, 0.15) is 5.75 Å². The molecule has 0 spiro atoms. The Morgan fingerprint density at radius 2 is 2.44 bits per heavy atom.